The number of halogens is 1. The van der Waals surface area contributed by atoms with Crippen LogP contribution in [0.2, 0.25) is 0 Å². The summed E-state index contributed by atoms with van der Waals surface area (Å²) in [5.41, 5.74) is 5.95. The number of aromatic nitrogens is 3. The van der Waals surface area contributed by atoms with Crippen molar-refractivity contribution in [3.8, 4) is 17.1 Å². The predicted molar refractivity (Wildman–Crippen MR) is 108 cm³/mol. The number of nitrogens with zero attached hydrogens (tertiary/aromatic N) is 3. The molecule has 2 amide bonds. The van der Waals surface area contributed by atoms with Gasteiger partial charge in [0.2, 0.25) is 17.6 Å². The van der Waals surface area contributed by atoms with Crippen LogP contribution in [0.3, 0.4) is 0 Å². The summed E-state index contributed by atoms with van der Waals surface area (Å²) >= 11 is 3.29. The number of aryl methyl sites for hydroxylation is 2. The second-order valence-corrected chi connectivity index (χ2v) is 7.04. The van der Waals surface area contributed by atoms with E-state index in [9.17, 15) is 9.59 Å². The van der Waals surface area contributed by atoms with Crippen LogP contribution in [-0.2, 0) is 18.3 Å². The summed E-state index contributed by atoms with van der Waals surface area (Å²) < 4.78 is 13.0. The number of amides is 2. The van der Waals surface area contributed by atoms with Crippen LogP contribution in [0.5, 0.6) is 5.75 Å². The quantitative estimate of drug-likeness (QED) is 0.523. The van der Waals surface area contributed by atoms with Crippen molar-refractivity contribution in [2.45, 2.75) is 19.8 Å². The van der Waals surface area contributed by atoms with Crippen LogP contribution in [0, 0.1) is 0 Å². The Hall–Kier alpha value is -3.14. The molecule has 0 radical (unpaired) electrons. The first-order valence-electron chi connectivity index (χ1n) is 8.93. The molecule has 3 aromatic rings. The number of benzene rings is 1. The summed E-state index contributed by atoms with van der Waals surface area (Å²) in [6, 6.07) is 8.99. The molecule has 2 heterocycles. The number of carbonyl (C=O) groups excluding carboxylic acids is 2. The van der Waals surface area contributed by atoms with Gasteiger partial charge in [-0.05, 0) is 53.2 Å². The van der Waals surface area contributed by atoms with Gasteiger partial charge in [-0.2, -0.15) is 4.98 Å². The van der Waals surface area contributed by atoms with Crippen molar-refractivity contribution in [1.82, 2.24) is 25.6 Å². The standard InChI is InChI=1S/C19H20BrN5O4/c1-3-28-14-6-4-12(5-7-14)18-21-17(29-24-18)9-8-16(26)22-23-19(27)15-10-13(20)11-25(15)2/h4-7,10-11H,3,8-9H2,1-2H3,(H,22,26)(H,23,27). The van der Waals surface area contributed by atoms with Gasteiger partial charge in [0.1, 0.15) is 11.4 Å². The summed E-state index contributed by atoms with van der Waals surface area (Å²) in [4.78, 5) is 28.3. The monoisotopic (exact) mass is 461 g/mol. The summed E-state index contributed by atoms with van der Waals surface area (Å²) in [6.07, 6.45) is 2.08. The highest BCUT2D eigenvalue weighted by Crippen LogP contribution is 2.20. The highest BCUT2D eigenvalue weighted by atomic mass is 79.9. The van der Waals surface area contributed by atoms with E-state index >= 15 is 0 Å². The third-order valence-corrected chi connectivity index (χ3v) is 4.41. The number of rotatable bonds is 7. The smallest absolute Gasteiger partial charge is 0.286 e. The van der Waals surface area contributed by atoms with Crippen molar-refractivity contribution >= 4 is 27.7 Å². The number of hydrogen-bond donors (Lipinski definition) is 2. The summed E-state index contributed by atoms with van der Waals surface area (Å²) in [5, 5.41) is 3.93. The van der Waals surface area contributed by atoms with Crippen LogP contribution in [0.1, 0.15) is 29.7 Å². The van der Waals surface area contributed by atoms with E-state index in [1.54, 1.807) is 23.9 Å². The van der Waals surface area contributed by atoms with E-state index in [0.29, 0.717) is 24.0 Å². The van der Waals surface area contributed by atoms with Gasteiger partial charge in [-0.15, -0.1) is 0 Å². The molecule has 1 aromatic carbocycles. The molecular weight excluding hydrogens is 442 g/mol. The van der Waals surface area contributed by atoms with E-state index in [0.717, 1.165) is 15.8 Å². The Bertz CT molecular complexity index is 996. The number of hydrogen-bond acceptors (Lipinski definition) is 6. The lowest BCUT2D eigenvalue weighted by Gasteiger charge is -2.07. The molecule has 0 aliphatic heterocycles. The maximum absolute atomic E-state index is 12.1. The van der Waals surface area contributed by atoms with Crippen molar-refractivity contribution in [3.63, 3.8) is 0 Å². The van der Waals surface area contributed by atoms with Crippen LogP contribution in [-0.4, -0.2) is 33.1 Å². The fourth-order valence-corrected chi connectivity index (χ4v) is 3.09. The molecule has 0 aliphatic rings. The number of hydrazine groups is 1. The van der Waals surface area contributed by atoms with Gasteiger partial charge in [0.05, 0.1) is 6.61 Å². The van der Waals surface area contributed by atoms with E-state index in [2.05, 4.69) is 36.9 Å². The Morgan fingerprint density at radius 1 is 1.24 bits per heavy atom. The molecule has 2 aromatic heterocycles. The Kier molecular flexibility index (Phi) is 6.65. The molecule has 0 fully saturated rings. The molecular formula is C19H20BrN5O4. The zero-order valence-corrected chi connectivity index (χ0v) is 17.5. The molecule has 0 saturated carbocycles. The minimum Gasteiger partial charge on any atom is -0.494 e. The number of carbonyl (C=O) groups is 2. The van der Waals surface area contributed by atoms with Crippen LogP contribution in [0.25, 0.3) is 11.4 Å². The lowest BCUT2D eigenvalue weighted by Crippen LogP contribution is -2.42. The minimum absolute atomic E-state index is 0.0853. The van der Waals surface area contributed by atoms with Crippen LogP contribution in [0.4, 0.5) is 0 Å². The van der Waals surface area contributed by atoms with Gasteiger partial charge >= 0.3 is 0 Å². The molecule has 2 N–H and O–H groups in total. The molecule has 0 spiro atoms. The van der Waals surface area contributed by atoms with Crippen molar-refractivity contribution in [2.24, 2.45) is 7.05 Å². The highest BCUT2D eigenvalue weighted by Gasteiger charge is 2.14. The largest absolute Gasteiger partial charge is 0.494 e. The molecule has 0 saturated heterocycles. The Labute approximate surface area is 175 Å². The number of ether oxygens (including phenoxy) is 1. The van der Waals surface area contributed by atoms with E-state index in [1.807, 2.05) is 31.2 Å². The molecule has 10 heteroatoms. The predicted octanol–water partition coefficient (Wildman–Crippen LogP) is 2.63. The van der Waals surface area contributed by atoms with Crippen molar-refractivity contribution in [1.29, 1.82) is 0 Å². The van der Waals surface area contributed by atoms with E-state index in [-0.39, 0.29) is 18.7 Å². The first-order chi connectivity index (χ1) is 14.0. The second kappa shape index (κ2) is 9.37. The van der Waals surface area contributed by atoms with Gasteiger partial charge < -0.3 is 13.8 Å². The fourth-order valence-electron chi connectivity index (χ4n) is 2.56. The van der Waals surface area contributed by atoms with E-state index < -0.39 is 5.91 Å². The van der Waals surface area contributed by atoms with E-state index in [4.69, 9.17) is 9.26 Å². The zero-order chi connectivity index (χ0) is 20.8. The van der Waals surface area contributed by atoms with E-state index in [1.165, 1.54) is 0 Å². The Morgan fingerprint density at radius 3 is 2.66 bits per heavy atom. The summed E-state index contributed by atoms with van der Waals surface area (Å²) in [6.45, 7) is 2.51. The first-order valence-corrected chi connectivity index (χ1v) is 9.72. The van der Waals surface area contributed by atoms with Gasteiger partial charge in [-0.1, -0.05) is 5.16 Å². The maximum Gasteiger partial charge on any atom is 0.286 e. The van der Waals surface area contributed by atoms with Crippen LogP contribution < -0.4 is 15.6 Å². The number of nitrogens with one attached hydrogen (secondary N) is 2. The van der Waals surface area contributed by atoms with Gasteiger partial charge in [0.25, 0.3) is 5.91 Å². The molecule has 0 bridgehead atoms. The third kappa shape index (κ3) is 5.44. The van der Waals surface area contributed by atoms with Gasteiger partial charge in [0, 0.05) is 36.1 Å². The summed E-state index contributed by atoms with van der Waals surface area (Å²) in [5.74, 6) is 0.753. The van der Waals surface area contributed by atoms with Crippen LogP contribution >= 0.6 is 15.9 Å². The molecule has 152 valence electrons. The van der Waals surface area contributed by atoms with Gasteiger partial charge in [-0.25, -0.2) is 0 Å². The summed E-state index contributed by atoms with van der Waals surface area (Å²) in [7, 11) is 1.74. The second-order valence-electron chi connectivity index (χ2n) is 6.13. The normalized spacial score (nSPS) is 10.6. The van der Waals surface area contributed by atoms with Crippen molar-refractivity contribution in [3.05, 3.63) is 52.6 Å². The lowest BCUT2D eigenvalue weighted by atomic mass is 10.2. The zero-order valence-electron chi connectivity index (χ0n) is 15.9. The molecule has 0 unspecified atom stereocenters. The van der Waals surface area contributed by atoms with Crippen LogP contribution in [0.15, 0.2) is 45.5 Å². The Balaban J connectivity index is 1.48. The fraction of sp³-hybridized carbons (Fsp3) is 0.263. The van der Waals surface area contributed by atoms with Crippen molar-refractivity contribution < 1.29 is 18.8 Å². The lowest BCUT2D eigenvalue weighted by molar-refractivity contribution is -0.121. The van der Waals surface area contributed by atoms with Gasteiger partial charge in [-0.3, -0.25) is 20.4 Å². The highest BCUT2D eigenvalue weighted by molar-refractivity contribution is 9.10. The molecule has 0 atom stereocenters. The molecule has 0 aliphatic carbocycles. The third-order valence-electron chi connectivity index (χ3n) is 3.98. The average molecular weight is 462 g/mol. The van der Waals surface area contributed by atoms with Crippen molar-refractivity contribution in [2.75, 3.05) is 6.61 Å². The molecule has 29 heavy (non-hydrogen) atoms. The minimum atomic E-state index is -0.415. The molecule has 3 rings (SSSR count). The van der Waals surface area contributed by atoms with Gasteiger partial charge in [0.15, 0.2) is 0 Å². The molecule has 9 nitrogen and oxygen atoms in total. The topological polar surface area (TPSA) is 111 Å². The Morgan fingerprint density at radius 2 is 2.00 bits per heavy atom. The average Bonchev–Trinajstić information content (AvgIpc) is 3.31. The first kappa shape index (κ1) is 20.6. The maximum atomic E-state index is 12.1. The SMILES string of the molecule is CCOc1ccc(-c2noc(CCC(=O)NNC(=O)c3cc(Br)cn3C)n2)cc1.